The number of unbranched alkanes of at least 4 members (excludes halogenated alkanes) is 1. The molecule has 114 valence electrons. The van der Waals surface area contributed by atoms with Gasteiger partial charge in [-0.1, -0.05) is 38.3 Å². The fraction of sp³-hybridized carbons (Fsp3) is 0.875. The van der Waals surface area contributed by atoms with Crippen LogP contribution in [0.3, 0.4) is 0 Å². The molecule has 0 radical (unpaired) electrons. The van der Waals surface area contributed by atoms with E-state index in [1.807, 2.05) is 0 Å². The second-order valence-electron chi connectivity index (χ2n) is 6.21. The van der Waals surface area contributed by atoms with E-state index in [-0.39, 0.29) is 0 Å². The molecule has 0 aliphatic heterocycles. The quantitative estimate of drug-likeness (QED) is 0.829. The fourth-order valence-corrected chi connectivity index (χ4v) is 3.54. The zero-order chi connectivity index (χ0) is 14.4. The summed E-state index contributed by atoms with van der Waals surface area (Å²) >= 11 is 0. The highest BCUT2D eigenvalue weighted by atomic mass is 15.4. The number of hydrogen-bond donors (Lipinski definition) is 1. The molecule has 1 fully saturated rings. The predicted molar refractivity (Wildman–Crippen MR) is 82.4 cm³/mol. The molecule has 0 atom stereocenters. The van der Waals surface area contributed by atoms with Gasteiger partial charge < -0.3 is 5.73 Å². The highest BCUT2D eigenvalue weighted by Gasteiger charge is 2.27. The molecule has 1 aliphatic rings. The molecule has 0 aromatic carbocycles. The van der Waals surface area contributed by atoms with Crippen LogP contribution in [0.25, 0.3) is 0 Å². The molecule has 1 aromatic heterocycles. The van der Waals surface area contributed by atoms with Gasteiger partial charge >= 0.3 is 0 Å². The molecule has 1 heterocycles. The summed E-state index contributed by atoms with van der Waals surface area (Å²) in [5.41, 5.74) is 8.20. The SMILES string of the molecule is CCCCC1CCC(c2c(CN)nnn2CCC)CC1. The zero-order valence-corrected chi connectivity index (χ0v) is 13.1. The molecule has 2 N–H and O–H groups in total. The summed E-state index contributed by atoms with van der Waals surface area (Å²) in [6.45, 7) is 5.97. The summed E-state index contributed by atoms with van der Waals surface area (Å²) in [6.07, 6.45) is 10.5. The van der Waals surface area contributed by atoms with E-state index in [9.17, 15) is 0 Å². The maximum absolute atomic E-state index is 5.84. The minimum Gasteiger partial charge on any atom is -0.325 e. The van der Waals surface area contributed by atoms with Gasteiger partial charge in [0.15, 0.2) is 0 Å². The van der Waals surface area contributed by atoms with Gasteiger partial charge in [0.05, 0.1) is 11.4 Å². The van der Waals surface area contributed by atoms with Crippen LogP contribution in [0.2, 0.25) is 0 Å². The smallest absolute Gasteiger partial charge is 0.0997 e. The lowest BCUT2D eigenvalue weighted by Crippen LogP contribution is -2.18. The maximum atomic E-state index is 5.84. The first-order valence-corrected chi connectivity index (χ1v) is 8.42. The first-order chi connectivity index (χ1) is 9.80. The summed E-state index contributed by atoms with van der Waals surface area (Å²) < 4.78 is 2.11. The molecule has 0 amide bonds. The lowest BCUT2D eigenvalue weighted by Gasteiger charge is -2.29. The van der Waals surface area contributed by atoms with Gasteiger partial charge in [0, 0.05) is 19.0 Å². The van der Waals surface area contributed by atoms with Gasteiger partial charge in [-0.3, -0.25) is 0 Å². The first-order valence-electron chi connectivity index (χ1n) is 8.42. The molecule has 0 unspecified atom stereocenters. The molecule has 1 aromatic rings. The molecule has 20 heavy (non-hydrogen) atoms. The van der Waals surface area contributed by atoms with E-state index in [2.05, 4.69) is 28.8 Å². The van der Waals surface area contributed by atoms with E-state index in [0.717, 1.165) is 24.6 Å². The summed E-state index contributed by atoms with van der Waals surface area (Å²) in [4.78, 5) is 0. The van der Waals surface area contributed by atoms with Crippen LogP contribution < -0.4 is 5.73 Å². The van der Waals surface area contributed by atoms with Crippen LogP contribution in [0, 0.1) is 5.92 Å². The van der Waals surface area contributed by atoms with Crippen LogP contribution in [0.15, 0.2) is 0 Å². The van der Waals surface area contributed by atoms with E-state index in [1.54, 1.807) is 0 Å². The van der Waals surface area contributed by atoms with E-state index in [4.69, 9.17) is 5.73 Å². The number of aryl methyl sites for hydroxylation is 1. The molecular formula is C16H30N4. The average molecular weight is 278 g/mol. The van der Waals surface area contributed by atoms with Crippen LogP contribution in [-0.2, 0) is 13.1 Å². The van der Waals surface area contributed by atoms with E-state index in [0.29, 0.717) is 12.5 Å². The van der Waals surface area contributed by atoms with Gasteiger partial charge in [0.25, 0.3) is 0 Å². The third kappa shape index (κ3) is 3.60. The number of nitrogens with two attached hydrogens (primary N) is 1. The Hall–Kier alpha value is -0.900. The van der Waals surface area contributed by atoms with Crippen molar-refractivity contribution >= 4 is 0 Å². The first kappa shape index (κ1) is 15.5. The molecule has 1 aliphatic carbocycles. The Morgan fingerprint density at radius 2 is 1.90 bits per heavy atom. The largest absolute Gasteiger partial charge is 0.325 e. The average Bonchev–Trinajstić information content (AvgIpc) is 2.89. The number of hydrogen-bond acceptors (Lipinski definition) is 3. The van der Waals surface area contributed by atoms with Gasteiger partial charge in [-0.15, -0.1) is 5.10 Å². The molecule has 0 spiro atoms. The fourth-order valence-electron chi connectivity index (χ4n) is 3.54. The second-order valence-corrected chi connectivity index (χ2v) is 6.21. The Kier molecular flexibility index (Phi) is 6.02. The van der Waals surface area contributed by atoms with E-state index < -0.39 is 0 Å². The molecule has 2 rings (SSSR count). The minimum atomic E-state index is 0.523. The third-order valence-corrected chi connectivity index (χ3v) is 4.68. The van der Waals surface area contributed by atoms with E-state index in [1.165, 1.54) is 50.6 Å². The summed E-state index contributed by atoms with van der Waals surface area (Å²) in [5, 5.41) is 8.59. The Labute approximate surface area is 123 Å². The summed E-state index contributed by atoms with van der Waals surface area (Å²) in [7, 11) is 0. The maximum Gasteiger partial charge on any atom is 0.0997 e. The van der Waals surface area contributed by atoms with Gasteiger partial charge in [0.2, 0.25) is 0 Å². The normalized spacial score (nSPS) is 23.1. The van der Waals surface area contributed by atoms with Crippen LogP contribution in [0.5, 0.6) is 0 Å². The van der Waals surface area contributed by atoms with Gasteiger partial charge in [-0.05, 0) is 38.0 Å². The minimum absolute atomic E-state index is 0.523. The van der Waals surface area contributed by atoms with Crippen LogP contribution in [-0.4, -0.2) is 15.0 Å². The Balaban J connectivity index is 2.00. The Morgan fingerprint density at radius 3 is 2.50 bits per heavy atom. The predicted octanol–water partition coefficient (Wildman–Crippen LogP) is 3.61. The van der Waals surface area contributed by atoms with Crippen molar-refractivity contribution in [1.29, 1.82) is 0 Å². The van der Waals surface area contributed by atoms with Crippen molar-refractivity contribution in [2.45, 2.75) is 84.2 Å². The van der Waals surface area contributed by atoms with Crippen molar-refractivity contribution in [2.24, 2.45) is 11.7 Å². The van der Waals surface area contributed by atoms with Gasteiger partial charge in [-0.25, -0.2) is 4.68 Å². The summed E-state index contributed by atoms with van der Waals surface area (Å²) in [6, 6.07) is 0. The molecule has 4 heteroatoms. The van der Waals surface area contributed by atoms with Crippen molar-refractivity contribution in [3.63, 3.8) is 0 Å². The van der Waals surface area contributed by atoms with Gasteiger partial charge in [-0.2, -0.15) is 0 Å². The Bertz CT molecular complexity index is 391. The van der Waals surface area contributed by atoms with E-state index >= 15 is 0 Å². The highest BCUT2D eigenvalue weighted by molar-refractivity contribution is 5.16. The standard InChI is InChI=1S/C16H30N4/c1-3-5-6-13-7-9-14(10-8-13)16-15(12-17)18-19-20(16)11-4-2/h13-14H,3-12,17H2,1-2H3. The van der Waals surface area contributed by atoms with Crippen molar-refractivity contribution in [3.05, 3.63) is 11.4 Å². The number of rotatable bonds is 7. The Morgan fingerprint density at radius 1 is 1.15 bits per heavy atom. The van der Waals surface area contributed by atoms with Crippen molar-refractivity contribution in [2.75, 3.05) is 0 Å². The third-order valence-electron chi connectivity index (χ3n) is 4.68. The summed E-state index contributed by atoms with van der Waals surface area (Å²) in [5.74, 6) is 1.58. The monoisotopic (exact) mass is 278 g/mol. The topological polar surface area (TPSA) is 56.7 Å². The van der Waals surface area contributed by atoms with Crippen molar-refractivity contribution in [1.82, 2.24) is 15.0 Å². The second kappa shape index (κ2) is 7.77. The van der Waals surface area contributed by atoms with Crippen molar-refractivity contribution in [3.8, 4) is 0 Å². The van der Waals surface area contributed by atoms with Crippen LogP contribution >= 0.6 is 0 Å². The molecular weight excluding hydrogens is 248 g/mol. The zero-order valence-electron chi connectivity index (χ0n) is 13.1. The highest BCUT2D eigenvalue weighted by Crippen LogP contribution is 2.38. The molecule has 4 nitrogen and oxygen atoms in total. The number of nitrogens with zero attached hydrogens (tertiary/aromatic N) is 3. The van der Waals surface area contributed by atoms with Gasteiger partial charge in [0.1, 0.15) is 0 Å². The number of aromatic nitrogens is 3. The van der Waals surface area contributed by atoms with Crippen LogP contribution in [0.1, 0.15) is 82.5 Å². The lowest BCUT2D eigenvalue weighted by atomic mass is 9.78. The molecule has 0 bridgehead atoms. The molecule has 1 saturated carbocycles. The van der Waals surface area contributed by atoms with Crippen LogP contribution in [0.4, 0.5) is 0 Å². The van der Waals surface area contributed by atoms with Crippen molar-refractivity contribution < 1.29 is 0 Å². The lowest BCUT2D eigenvalue weighted by molar-refractivity contribution is 0.295. The molecule has 0 saturated heterocycles.